The second-order valence-electron chi connectivity index (χ2n) is 5.54. The molecule has 3 heteroatoms. The van der Waals surface area contributed by atoms with Gasteiger partial charge in [-0.1, -0.05) is 19.1 Å². The number of likely N-dealkylation sites (N-methyl/N-ethyl adjacent to an activating group) is 1. The molecular weight excluding hydrogens is 229 g/mol. The number of halogens is 1. The molecule has 102 valence electrons. The molecular formula is C15H24FNO. The van der Waals surface area contributed by atoms with E-state index in [2.05, 4.69) is 12.2 Å². The Bertz CT molecular complexity index is 385. The summed E-state index contributed by atoms with van der Waals surface area (Å²) in [5.41, 5.74) is 1.58. The third-order valence-electron chi connectivity index (χ3n) is 2.72. The quantitative estimate of drug-likeness (QED) is 0.865. The third kappa shape index (κ3) is 4.75. The summed E-state index contributed by atoms with van der Waals surface area (Å²) < 4.78 is 19.1. The summed E-state index contributed by atoms with van der Waals surface area (Å²) in [5.74, 6) is -0.161. The van der Waals surface area contributed by atoms with Gasteiger partial charge in [0, 0.05) is 0 Å². The Morgan fingerprint density at radius 1 is 1.33 bits per heavy atom. The summed E-state index contributed by atoms with van der Waals surface area (Å²) in [6.45, 7) is 11.4. The van der Waals surface area contributed by atoms with Crippen LogP contribution in [0.3, 0.4) is 0 Å². The molecule has 1 aromatic carbocycles. The van der Waals surface area contributed by atoms with E-state index in [1.807, 2.05) is 32.9 Å². The maximum absolute atomic E-state index is 13.3. The van der Waals surface area contributed by atoms with Gasteiger partial charge < -0.3 is 10.1 Å². The molecule has 0 radical (unpaired) electrons. The monoisotopic (exact) mass is 253 g/mol. The van der Waals surface area contributed by atoms with Crippen molar-refractivity contribution < 1.29 is 9.13 Å². The summed E-state index contributed by atoms with van der Waals surface area (Å²) in [6.07, 6.45) is 0. The van der Waals surface area contributed by atoms with Gasteiger partial charge in [-0.2, -0.15) is 0 Å². The van der Waals surface area contributed by atoms with Gasteiger partial charge >= 0.3 is 0 Å². The number of hydrogen-bond donors (Lipinski definition) is 1. The molecule has 1 rings (SSSR count). The Hall–Kier alpha value is -0.930. The average Bonchev–Trinajstić information content (AvgIpc) is 2.27. The van der Waals surface area contributed by atoms with E-state index in [0.29, 0.717) is 12.2 Å². The van der Waals surface area contributed by atoms with E-state index in [4.69, 9.17) is 4.74 Å². The molecule has 1 atom stereocenters. The van der Waals surface area contributed by atoms with Crippen LogP contribution in [0.25, 0.3) is 0 Å². The number of hydrogen-bond acceptors (Lipinski definition) is 2. The first-order valence-electron chi connectivity index (χ1n) is 6.47. The predicted octanol–water partition coefficient (Wildman–Crippen LogP) is 3.60. The lowest BCUT2D eigenvalue weighted by molar-refractivity contribution is -0.0146. The normalized spacial score (nSPS) is 13.7. The fourth-order valence-electron chi connectivity index (χ4n) is 1.74. The highest BCUT2D eigenvalue weighted by molar-refractivity contribution is 5.26. The molecule has 0 aliphatic rings. The van der Waals surface area contributed by atoms with Crippen molar-refractivity contribution in [1.82, 2.24) is 5.32 Å². The minimum absolute atomic E-state index is 0.105. The van der Waals surface area contributed by atoms with Crippen molar-refractivity contribution in [2.75, 3.05) is 13.2 Å². The SMILES string of the molecule is CCNC(COC(C)(C)C)c1ccc(F)c(C)c1. The zero-order valence-corrected chi connectivity index (χ0v) is 12.0. The zero-order valence-electron chi connectivity index (χ0n) is 12.0. The van der Waals surface area contributed by atoms with Gasteiger partial charge in [0.2, 0.25) is 0 Å². The van der Waals surface area contributed by atoms with Gasteiger partial charge in [0.05, 0.1) is 18.2 Å². The molecule has 0 aliphatic heterocycles. The molecule has 1 aromatic rings. The molecule has 0 fully saturated rings. The molecule has 1 unspecified atom stereocenters. The number of benzene rings is 1. The van der Waals surface area contributed by atoms with Crippen LogP contribution in [0.5, 0.6) is 0 Å². The molecule has 1 N–H and O–H groups in total. The highest BCUT2D eigenvalue weighted by Gasteiger charge is 2.16. The van der Waals surface area contributed by atoms with Gasteiger partial charge in [-0.05, 0) is 51.4 Å². The second kappa shape index (κ2) is 6.30. The maximum Gasteiger partial charge on any atom is 0.126 e. The lowest BCUT2D eigenvalue weighted by atomic mass is 10.0. The van der Waals surface area contributed by atoms with Crippen molar-refractivity contribution in [2.45, 2.75) is 46.3 Å². The van der Waals surface area contributed by atoms with Crippen molar-refractivity contribution in [3.05, 3.63) is 35.1 Å². The van der Waals surface area contributed by atoms with E-state index in [9.17, 15) is 4.39 Å². The molecule has 18 heavy (non-hydrogen) atoms. The van der Waals surface area contributed by atoms with E-state index in [-0.39, 0.29) is 17.5 Å². The van der Waals surface area contributed by atoms with Gasteiger partial charge in [0.15, 0.2) is 0 Å². The molecule has 0 aromatic heterocycles. The lowest BCUT2D eigenvalue weighted by Gasteiger charge is -2.25. The Morgan fingerprint density at radius 2 is 2.00 bits per heavy atom. The first-order valence-corrected chi connectivity index (χ1v) is 6.47. The number of rotatable bonds is 5. The van der Waals surface area contributed by atoms with E-state index >= 15 is 0 Å². The van der Waals surface area contributed by atoms with Crippen LogP contribution in [0, 0.1) is 12.7 Å². The Balaban J connectivity index is 2.80. The summed E-state index contributed by atoms with van der Waals surface area (Å²) in [4.78, 5) is 0. The molecule has 0 bridgehead atoms. The minimum Gasteiger partial charge on any atom is -0.374 e. The average molecular weight is 253 g/mol. The van der Waals surface area contributed by atoms with Crippen LogP contribution in [0.2, 0.25) is 0 Å². The zero-order chi connectivity index (χ0) is 13.8. The van der Waals surface area contributed by atoms with Gasteiger partial charge in [-0.15, -0.1) is 0 Å². The second-order valence-corrected chi connectivity index (χ2v) is 5.54. The minimum atomic E-state index is -0.164. The smallest absolute Gasteiger partial charge is 0.126 e. The summed E-state index contributed by atoms with van der Waals surface area (Å²) in [5, 5.41) is 3.37. The Morgan fingerprint density at radius 3 is 2.50 bits per heavy atom. The maximum atomic E-state index is 13.3. The number of aryl methyl sites for hydroxylation is 1. The molecule has 0 heterocycles. The van der Waals surface area contributed by atoms with Crippen molar-refractivity contribution in [1.29, 1.82) is 0 Å². The fourth-order valence-corrected chi connectivity index (χ4v) is 1.74. The highest BCUT2D eigenvalue weighted by Crippen LogP contribution is 2.19. The van der Waals surface area contributed by atoms with E-state index in [0.717, 1.165) is 12.1 Å². The molecule has 0 aliphatic carbocycles. The van der Waals surface area contributed by atoms with Crippen LogP contribution in [-0.2, 0) is 4.74 Å². The Labute approximate surface area is 110 Å². The van der Waals surface area contributed by atoms with Gasteiger partial charge in [0.25, 0.3) is 0 Å². The van der Waals surface area contributed by atoms with Crippen molar-refractivity contribution in [3.63, 3.8) is 0 Å². The number of nitrogens with one attached hydrogen (secondary N) is 1. The first-order chi connectivity index (χ1) is 8.33. The molecule has 0 spiro atoms. The summed E-state index contributed by atoms with van der Waals surface area (Å²) in [6, 6.07) is 5.33. The van der Waals surface area contributed by atoms with Crippen LogP contribution in [0.15, 0.2) is 18.2 Å². The standard InChI is InChI=1S/C15H24FNO/c1-6-17-14(10-18-15(3,4)5)12-7-8-13(16)11(2)9-12/h7-9,14,17H,6,10H2,1-5H3. The van der Waals surface area contributed by atoms with Crippen molar-refractivity contribution in [3.8, 4) is 0 Å². The van der Waals surface area contributed by atoms with Crippen LogP contribution < -0.4 is 5.32 Å². The van der Waals surface area contributed by atoms with Crippen molar-refractivity contribution in [2.24, 2.45) is 0 Å². The molecule has 0 saturated carbocycles. The Kier molecular flexibility index (Phi) is 5.29. The van der Waals surface area contributed by atoms with E-state index in [1.54, 1.807) is 6.92 Å². The molecule has 2 nitrogen and oxygen atoms in total. The van der Waals surface area contributed by atoms with Gasteiger partial charge in [-0.25, -0.2) is 4.39 Å². The van der Waals surface area contributed by atoms with Gasteiger partial charge in [0.1, 0.15) is 5.82 Å². The largest absolute Gasteiger partial charge is 0.374 e. The fraction of sp³-hybridized carbons (Fsp3) is 0.600. The number of ether oxygens (including phenoxy) is 1. The predicted molar refractivity (Wildman–Crippen MR) is 73.3 cm³/mol. The third-order valence-corrected chi connectivity index (χ3v) is 2.72. The summed E-state index contributed by atoms with van der Waals surface area (Å²) in [7, 11) is 0. The van der Waals surface area contributed by atoms with E-state index < -0.39 is 0 Å². The molecule has 0 saturated heterocycles. The van der Waals surface area contributed by atoms with Crippen molar-refractivity contribution >= 4 is 0 Å². The first kappa shape index (κ1) is 15.1. The van der Waals surface area contributed by atoms with Crippen LogP contribution in [0.1, 0.15) is 44.9 Å². The van der Waals surface area contributed by atoms with Gasteiger partial charge in [-0.3, -0.25) is 0 Å². The highest BCUT2D eigenvalue weighted by atomic mass is 19.1. The molecule has 0 amide bonds. The van der Waals surface area contributed by atoms with Crippen LogP contribution in [0.4, 0.5) is 4.39 Å². The van der Waals surface area contributed by atoms with Crippen LogP contribution >= 0.6 is 0 Å². The van der Waals surface area contributed by atoms with E-state index in [1.165, 1.54) is 6.07 Å². The van der Waals surface area contributed by atoms with Crippen LogP contribution in [-0.4, -0.2) is 18.8 Å². The summed E-state index contributed by atoms with van der Waals surface area (Å²) >= 11 is 0. The topological polar surface area (TPSA) is 21.3 Å². The lowest BCUT2D eigenvalue weighted by Crippen LogP contribution is -2.30.